The summed E-state index contributed by atoms with van der Waals surface area (Å²) in [7, 11) is 0. The third-order valence-corrected chi connectivity index (χ3v) is 2.56. The number of nitrogens with zero attached hydrogens (tertiary/aromatic N) is 2. The van der Waals surface area contributed by atoms with Crippen LogP contribution in [-0.2, 0) is 6.18 Å². The second kappa shape index (κ2) is 8.45. The number of hydrogen-bond donors (Lipinski definition) is 3. The van der Waals surface area contributed by atoms with Crippen LogP contribution in [0.15, 0.2) is 23.3 Å². The van der Waals surface area contributed by atoms with Crippen molar-refractivity contribution in [3.05, 3.63) is 23.9 Å². The first-order valence-corrected chi connectivity index (χ1v) is 7.15. The van der Waals surface area contributed by atoms with Crippen LogP contribution >= 0.6 is 0 Å². The number of anilines is 1. The summed E-state index contributed by atoms with van der Waals surface area (Å²) in [5.74, 6) is 0.461. The molecule has 124 valence electrons. The van der Waals surface area contributed by atoms with E-state index in [0.29, 0.717) is 19.0 Å². The van der Waals surface area contributed by atoms with E-state index in [9.17, 15) is 13.2 Å². The molecule has 0 saturated carbocycles. The number of guanidine groups is 1. The number of alkyl halides is 3. The van der Waals surface area contributed by atoms with Crippen molar-refractivity contribution in [2.75, 3.05) is 25.0 Å². The van der Waals surface area contributed by atoms with Gasteiger partial charge in [0.2, 0.25) is 0 Å². The Morgan fingerprint density at radius 1 is 1.36 bits per heavy atom. The smallest absolute Gasteiger partial charge is 0.368 e. The van der Waals surface area contributed by atoms with Crippen molar-refractivity contribution < 1.29 is 13.2 Å². The van der Waals surface area contributed by atoms with E-state index in [1.807, 2.05) is 20.8 Å². The molecule has 8 heteroatoms. The van der Waals surface area contributed by atoms with Crippen LogP contribution in [0, 0.1) is 0 Å². The normalized spacial score (nSPS) is 12.4. The highest BCUT2D eigenvalue weighted by Gasteiger charge is 2.33. The molecule has 0 radical (unpaired) electrons. The van der Waals surface area contributed by atoms with E-state index < -0.39 is 11.7 Å². The highest BCUT2D eigenvalue weighted by Crippen LogP contribution is 2.33. The summed E-state index contributed by atoms with van der Waals surface area (Å²) in [5, 5.41) is 8.87. The summed E-state index contributed by atoms with van der Waals surface area (Å²) in [6.45, 7) is 7.21. The third kappa shape index (κ3) is 6.19. The van der Waals surface area contributed by atoms with Gasteiger partial charge in [0.05, 0.1) is 12.1 Å². The van der Waals surface area contributed by atoms with Gasteiger partial charge in [-0.1, -0.05) is 0 Å². The molecular formula is C14H22F3N5. The first kappa shape index (κ1) is 18.1. The van der Waals surface area contributed by atoms with Crippen molar-refractivity contribution in [3.8, 4) is 0 Å². The maximum Gasteiger partial charge on any atom is 0.419 e. The van der Waals surface area contributed by atoms with Crippen molar-refractivity contribution in [3.63, 3.8) is 0 Å². The Labute approximate surface area is 128 Å². The Morgan fingerprint density at radius 3 is 2.68 bits per heavy atom. The summed E-state index contributed by atoms with van der Waals surface area (Å²) in [6.07, 6.45) is -3.10. The van der Waals surface area contributed by atoms with Crippen LogP contribution < -0.4 is 16.0 Å². The first-order valence-electron chi connectivity index (χ1n) is 7.15. The zero-order valence-corrected chi connectivity index (χ0v) is 13.0. The molecule has 1 rings (SSSR count). The molecule has 0 saturated heterocycles. The average Bonchev–Trinajstić information content (AvgIpc) is 2.42. The largest absolute Gasteiger partial charge is 0.419 e. The summed E-state index contributed by atoms with van der Waals surface area (Å²) < 4.78 is 38.4. The zero-order chi connectivity index (χ0) is 16.6. The minimum absolute atomic E-state index is 0.174. The molecule has 22 heavy (non-hydrogen) atoms. The summed E-state index contributed by atoms with van der Waals surface area (Å²) in [6, 6.07) is 2.49. The molecule has 3 N–H and O–H groups in total. The molecule has 0 unspecified atom stereocenters. The predicted molar refractivity (Wildman–Crippen MR) is 82.0 cm³/mol. The fraction of sp³-hybridized carbons (Fsp3) is 0.571. The van der Waals surface area contributed by atoms with Crippen molar-refractivity contribution in [1.29, 1.82) is 0 Å². The summed E-state index contributed by atoms with van der Waals surface area (Å²) in [4.78, 5) is 8.02. The lowest BCUT2D eigenvalue weighted by Gasteiger charge is -2.15. The summed E-state index contributed by atoms with van der Waals surface area (Å²) >= 11 is 0. The van der Waals surface area contributed by atoms with E-state index >= 15 is 0 Å². The van der Waals surface area contributed by atoms with E-state index in [1.165, 1.54) is 12.3 Å². The Morgan fingerprint density at radius 2 is 2.09 bits per heavy atom. The SMILES string of the molecule is CCNC(=NCCNc1ncccc1C(F)(F)F)NC(C)C. The van der Waals surface area contributed by atoms with E-state index in [-0.39, 0.29) is 18.4 Å². The quantitative estimate of drug-likeness (QED) is 0.428. The van der Waals surface area contributed by atoms with Gasteiger partial charge in [-0.3, -0.25) is 4.99 Å². The van der Waals surface area contributed by atoms with Crippen LogP contribution in [0.3, 0.4) is 0 Å². The lowest BCUT2D eigenvalue weighted by molar-refractivity contribution is -0.137. The molecule has 0 aliphatic heterocycles. The molecule has 1 aromatic rings. The lowest BCUT2D eigenvalue weighted by Crippen LogP contribution is -2.41. The molecule has 1 aromatic heterocycles. The van der Waals surface area contributed by atoms with Gasteiger partial charge in [0.25, 0.3) is 0 Å². The highest BCUT2D eigenvalue weighted by molar-refractivity contribution is 5.80. The number of aliphatic imine (C=N–C) groups is 1. The van der Waals surface area contributed by atoms with Gasteiger partial charge in [-0.2, -0.15) is 13.2 Å². The number of rotatable bonds is 6. The Kier molecular flexibility index (Phi) is 6.94. The Balaban J connectivity index is 2.60. The van der Waals surface area contributed by atoms with Gasteiger partial charge in [-0.25, -0.2) is 4.98 Å². The molecule has 0 atom stereocenters. The van der Waals surface area contributed by atoms with Crippen LogP contribution in [0.5, 0.6) is 0 Å². The molecule has 0 aliphatic rings. The standard InChI is InChI=1S/C14H22F3N5/c1-4-18-13(22-10(2)3)21-9-8-20-12-11(14(15,16)17)6-5-7-19-12/h5-7,10H,4,8-9H2,1-3H3,(H,19,20)(H2,18,21,22). The number of pyridine rings is 1. The molecule has 1 heterocycles. The number of aromatic nitrogens is 1. The fourth-order valence-corrected chi connectivity index (χ4v) is 1.71. The van der Waals surface area contributed by atoms with Gasteiger partial charge >= 0.3 is 6.18 Å². The third-order valence-electron chi connectivity index (χ3n) is 2.56. The van der Waals surface area contributed by atoms with Gasteiger partial charge in [0.1, 0.15) is 5.82 Å². The van der Waals surface area contributed by atoms with Crippen LogP contribution in [0.4, 0.5) is 19.0 Å². The van der Waals surface area contributed by atoms with Crippen LogP contribution in [0.2, 0.25) is 0 Å². The van der Waals surface area contributed by atoms with Gasteiger partial charge in [-0.05, 0) is 32.9 Å². The molecule has 0 amide bonds. The van der Waals surface area contributed by atoms with Gasteiger partial charge in [-0.15, -0.1) is 0 Å². The van der Waals surface area contributed by atoms with Crippen molar-refractivity contribution in [1.82, 2.24) is 15.6 Å². The Hall–Kier alpha value is -1.99. The fourth-order valence-electron chi connectivity index (χ4n) is 1.71. The van der Waals surface area contributed by atoms with Crippen molar-refractivity contribution in [2.24, 2.45) is 4.99 Å². The van der Waals surface area contributed by atoms with Gasteiger partial charge in [0, 0.05) is 25.3 Å². The topological polar surface area (TPSA) is 61.3 Å². The molecule has 0 aromatic carbocycles. The summed E-state index contributed by atoms with van der Waals surface area (Å²) in [5.41, 5.74) is -0.772. The van der Waals surface area contributed by atoms with Gasteiger partial charge in [0.15, 0.2) is 5.96 Å². The average molecular weight is 317 g/mol. The molecule has 0 bridgehead atoms. The van der Waals surface area contributed by atoms with E-state index in [4.69, 9.17) is 0 Å². The minimum Gasteiger partial charge on any atom is -0.368 e. The second-order valence-corrected chi connectivity index (χ2v) is 4.88. The Bertz CT molecular complexity index is 486. The first-order chi connectivity index (χ1) is 10.3. The highest BCUT2D eigenvalue weighted by atomic mass is 19.4. The van der Waals surface area contributed by atoms with E-state index in [1.54, 1.807) is 0 Å². The van der Waals surface area contributed by atoms with Crippen LogP contribution in [0.25, 0.3) is 0 Å². The lowest BCUT2D eigenvalue weighted by atomic mass is 10.2. The number of nitrogens with one attached hydrogen (secondary N) is 3. The van der Waals surface area contributed by atoms with Crippen molar-refractivity contribution >= 4 is 11.8 Å². The number of halogens is 3. The molecule has 5 nitrogen and oxygen atoms in total. The monoisotopic (exact) mass is 317 g/mol. The minimum atomic E-state index is -4.42. The zero-order valence-electron chi connectivity index (χ0n) is 13.0. The predicted octanol–water partition coefficient (Wildman–Crippen LogP) is 2.48. The van der Waals surface area contributed by atoms with Gasteiger partial charge < -0.3 is 16.0 Å². The second-order valence-electron chi connectivity index (χ2n) is 4.88. The van der Waals surface area contributed by atoms with Crippen LogP contribution in [-0.4, -0.2) is 36.6 Å². The number of hydrogen-bond acceptors (Lipinski definition) is 3. The van der Waals surface area contributed by atoms with Crippen LogP contribution in [0.1, 0.15) is 26.3 Å². The molecule has 0 fully saturated rings. The maximum absolute atomic E-state index is 12.8. The van der Waals surface area contributed by atoms with Crippen molar-refractivity contribution in [2.45, 2.75) is 33.0 Å². The van der Waals surface area contributed by atoms with E-state index in [0.717, 1.165) is 6.07 Å². The van der Waals surface area contributed by atoms with E-state index in [2.05, 4.69) is 25.9 Å². The maximum atomic E-state index is 12.8. The molecule has 0 spiro atoms. The molecular weight excluding hydrogens is 295 g/mol. The molecule has 0 aliphatic carbocycles.